The first-order valence-electron chi connectivity index (χ1n) is 6.73. The van der Waals surface area contributed by atoms with Crippen molar-refractivity contribution in [1.82, 2.24) is 4.57 Å². The average molecular weight is 287 g/mol. The lowest BCUT2D eigenvalue weighted by molar-refractivity contribution is -0.0211. The molecule has 4 heteroatoms. The lowest BCUT2D eigenvalue weighted by Crippen LogP contribution is -2.21. The largest absolute Gasteiger partial charge is 0.392 e. The number of aromatic nitrogens is 1. The zero-order chi connectivity index (χ0) is 14.9. The highest BCUT2D eigenvalue weighted by atomic mass is 19.3. The number of para-hydroxylation sites is 1. The fourth-order valence-electron chi connectivity index (χ4n) is 2.59. The number of rotatable bonds is 4. The minimum atomic E-state index is -2.96. The van der Waals surface area contributed by atoms with Gasteiger partial charge in [0, 0.05) is 17.3 Å². The standard InChI is InChI=1S/C17H15F2NO/c18-17(19,15-7-2-1-3-8-15)12-20-10-9-13-5-4-6-14(11-21)16(13)20/h1-10,21H,11-12H2. The molecule has 0 spiro atoms. The highest BCUT2D eigenvalue weighted by Gasteiger charge is 2.32. The number of nitrogens with zero attached hydrogens (tertiary/aromatic N) is 1. The van der Waals surface area contributed by atoms with Gasteiger partial charge in [-0.25, -0.2) is 0 Å². The third kappa shape index (κ3) is 2.54. The van der Waals surface area contributed by atoms with Crippen LogP contribution >= 0.6 is 0 Å². The van der Waals surface area contributed by atoms with Crippen molar-refractivity contribution < 1.29 is 13.9 Å². The van der Waals surface area contributed by atoms with E-state index in [2.05, 4.69) is 0 Å². The molecule has 0 aliphatic rings. The summed E-state index contributed by atoms with van der Waals surface area (Å²) in [5.41, 5.74) is 1.31. The summed E-state index contributed by atoms with van der Waals surface area (Å²) in [7, 11) is 0. The molecule has 1 heterocycles. The Bertz CT molecular complexity index is 750. The van der Waals surface area contributed by atoms with Gasteiger partial charge < -0.3 is 9.67 Å². The van der Waals surface area contributed by atoms with Crippen molar-refractivity contribution >= 4 is 10.9 Å². The topological polar surface area (TPSA) is 25.2 Å². The molecule has 0 atom stereocenters. The number of benzene rings is 2. The van der Waals surface area contributed by atoms with Gasteiger partial charge in [0.05, 0.1) is 18.7 Å². The van der Waals surface area contributed by atoms with E-state index in [1.807, 2.05) is 12.1 Å². The van der Waals surface area contributed by atoms with Crippen molar-refractivity contribution in [2.24, 2.45) is 0 Å². The van der Waals surface area contributed by atoms with E-state index in [1.54, 1.807) is 36.5 Å². The molecule has 0 aliphatic carbocycles. The van der Waals surface area contributed by atoms with Gasteiger partial charge in [-0.3, -0.25) is 0 Å². The first-order chi connectivity index (χ1) is 10.1. The van der Waals surface area contributed by atoms with Crippen LogP contribution in [0, 0.1) is 0 Å². The number of aliphatic hydroxyl groups excluding tert-OH is 1. The van der Waals surface area contributed by atoms with Crippen LogP contribution in [0.15, 0.2) is 60.8 Å². The van der Waals surface area contributed by atoms with E-state index < -0.39 is 12.5 Å². The van der Waals surface area contributed by atoms with Crippen LogP contribution in [-0.2, 0) is 19.1 Å². The Morgan fingerprint density at radius 2 is 1.71 bits per heavy atom. The Labute approximate surface area is 121 Å². The third-order valence-electron chi connectivity index (χ3n) is 3.61. The Morgan fingerprint density at radius 3 is 2.43 bits per heavy atom. The predicted octanol–water partition coefficient (Wildman–Crippen LogP) is 3.93. The number of aliphatic hydroxyl groups is 1. The van der Waals surface area contributed by atoms with Gasteiger partial charge in [0.2, 0.25) is 0 Å². The molecule has 21 heavy (non-hydrogen) atoms. The zero-order valence-electron chi connectivity index (χ0n) is 11.3. The maximum Gasteiger partial charge on any atom is 0.290 e. The molecule has 0 amide bonds. The van der Waals surface area contributed by atoms with Crippen molar-refractivity contribution in [3.8, 4) is 0 Å². The fraction of sp³-hybridized carbons (Fsp3) is 0.176. The molecule has 1 aromatic heterocycles. The Balaban J connectivity index is 2.02. The average Bonchev–Trinajstić information content (AvgIpc) is 2.91. The van der Waals surface area contributed by atoms with Crippen molar-refractivity contribution in [3.05, 3.63) is 71.9 Å². The smallest absolute Gasteiger partial charge is 0.290 e. The van der Waals surface area contributed by atoms with Gasteiger partial charge in [0.15, 0.2) is 0 Å². The SMILES string of the molecule is OCc1cccc2ccn(CC(F)(F)c3ccccc3)c12. The van der Waals surface area contributed by atoms with E-state index >= 15 is 0 Å². The molecule has 1 N–H and O–H groups in total. The molecular formula is C17H15F2NO. The second kappa shape index (κ2) is 5.30. The van der Waals surface area contributed by atoms with Gasteiger partial charge in [0.1, 0.15) is 0 Å². The maximum atomic E-state index is 14.4. The molecule has 3 rings (SSSR count). The Hall–Kier alpha value is -2.20. The van der Waals surface area contributed by atoms with Gasteiger partial charge in [0.25, 0.3) is 5.92 Å². The molecule has 108 valence electrons. The van der Waals surface area contributed by atoms with E-state index in [-0.39, 0.29) is 12.2 Å². The number of hydrogen-bond donors (Lipinski definition) is 1. The molecular weight excluding hydrogens is 272 g/mol. The van der Waals surface area contributed by atoms with Crippen molar-refractivity contribution in [3.63, 3.8) is 0 Å². The monoisotopic (exact) mass is 287 g/mol. The lowest BCUT2D eigenvalue weighted by atomic mass is 10.1. The van der Waals surface area contributed by atoms with Gasteiger partial charge in [-0.05, 0) is 11.5 Å². The van der Waals surface area contributed by atoms with Gasteiger partial charge in [-0.2, -0.15) is 8.78 Å². The predicted molar refractivity (Wildman–Crippen MR) is 78.2 cm³/mol. The van der Waals surface area contributed by atoms with Crippen LogP contribution in [0.3, 0.4) is 0 Å². The van der Waals surface area contributed by atoms with Crippen LogP contribution in [0.5, 0.6) is 0 Å². The Morgan fingerprint density at radius 1 is 0.952 bits per heavy atom. The van der Waals surface area contributed by atoms with E-state index in [9.17, 15) is 13.9 Å². The van der Waals surface area contributed by atoms with Crippen LogP contribution in [0.25, 0.3) is 10.9 Å². The van der Waals surface area contributed by atoms with Gasteiger partial charge >= 0.3 is 0 Å². The van der Waals surface area contributed by atoms with Crippen LogP contribution in [-0.4, -0.2) is 9.67 Å². The van der Waals surface area contributed by atoms with E-state index in [0.717, 1.165) is 5.39 Å². The normalized spacial score (nSPS) is 12.0. The highest BCUT2D eigenvalue weighted by molar-refractivity contribution is 5.83. The molecule has 2 nitrogen and oxygen atoms in total. The lowest BCUT2D eigenvalue weighted by Gasteiger charge is -2.19. The first kappa shape index (κ1) is 13.8. The van der Waals surface area contributed by atoms with E-state index in [4.69, 9.17) is 0 Å². The van der Waals surface area contributed by atoms with Crippen molar-refractivity contribution in [2.45, 2.75) is 19.1 Å². The molecule has 0 unspecified atom stereocenters. The van der Waals surface area contributed by atoms with E-state index in [1.165, 1.54) is 16.7 Å². The van der Waals surface area contributed by atoms with E-state index in [0.29, 0.717) is 11.1 Å². The number of alkyl halides is 2. The highest BCUT2D eigenvalue weighted by Crippen LogP contribution is 2.32. The summed E-state index contributed by atoms with van der Waals surface area (Å²) in [6.07, 6.45) is 1.64. The van der Waals surface area contributed by atoms with Crippen LogP contribution in [0.1, 0.15) is 11.1 Å². The summed E-state index contributed by atoms with van der Waals surface area (Å²) in [5, 5.41) is 10.2. The summed E-state index contributed by atoms with van der Waals surface area (Å²) in [4.78, 5) is 0. The molecule has 2 aromatic carbocycles. The number of fused-ring (bicyclic) bond motifs is 1. The van der Waals surface area contributed by atoms with Crippen LogP contribution in [0.2, 0.25) is 0 Å². The summed E-state index contributed by atoms with van der Waals surface area (Å²) < 4.78 is 30.3. The van der Waals surface area contributed by atoms with Crippen LogP contribution < -0.4 is 0 Å². The minimum absolute atomic E-state index is 0.00618. The number of hydrogen-bond acceptors (Lipinski definition) is 1. The Kier molecular flexibility index (Phi) is 3.47. The molecule has 0 saturated heterocycles. The van der Waals surface area contributed by atoms with Crippen molar-refractivity contribution in [1.29, 1.82) is 0 Å². The minimum Gasteiger partial charge on any atom is -0.392 e. The fourth-order valence-corrected chi connectivity index (χ4v) is 2.59. The maximum absolute atomic E-state index is 14.4. The number of halogens is 2. The quantitative estimate of drug-likeness (QED) is 0.773. The van der Waals surface area contributed by atoms with Gasteiger partial charge in [-0.1, -0.05) is 48.5 Å². The summed E-state index contributed by atoms with van der Waals surface area (Å²) in [6.45, 7) is -0.615. The molecule has 3 aromatic rings. The summed E-state index contributed by atoms with van der Waals surface area (Å²) >= 11 is 0. The van der Waals surface area contributed by atoms with Crippen LogP contribution in [0.4, 0.5) is 8.78 Å². The second-order valence-electron chi connectivity index (χ2n) is 5.03. The van der Waals surface area contributed by atoms with Crippen molar-refractivity contribution in [2.75, 3.05) is 0 Å². The zero-order valence-corrected chi connectivity index (χ0v) is 11.3. The summed E-state index contributed by atoms with van der Waals surface area (Å²) in [6, 6.07) is 15.0. The molecule has 0 fully saturated rings. The summed E-state index contributed by atoms with van der Waals surface area (Å²) in [5.74, 6) is -2.96. The first-order valence-corrected chi connectivity index (χ1v) is 6.73. The molecule has 0 bridgehead atoms. The molecule has 0 saturated carbocycles. The van der Waals surface area contributed by atoms with Gasteiger partial charge in [-0.15, -0.1) is 0 Å². The second-order valence-corrected chi connectivity index (χ2v) is 5.03. The molecule has 0 radical (unpaired) electrons. The molecule has 0 aliphatic heterocycles. The third-order valence-corrected chi connectivity index (χ3v) is 3.61.